The molecule has 9 heteroatoms. The first kappa shape index (κ1) is 21.4. The zero-order valence-corrected chi connectivity index (χ0v) is 18.4. The molecule has 0 aliphatic carbocycles. The third-order valence-electron chi connectivity index (χ3n) is 4.88. The summed E-state index contributed by atoms with van der Waals surface area (Å²) in [6.45, 7) is 3.19. The third-order valence-corrected chi connectivity index (χ3v) is 5.50. The first-order valence-electron chi connectivity index (χ1n) is 9.61. The van der Waals surface area contributed by atoms with Gasteiger partial charge in [-0.25, -0.2) is 25.0 Å². The van der Waals surface area contributed by atoms with E-state index < -0.39 is 0 Å². The van der Waals surface area contributed by atoms with E-state index in [-0.39, 0.29) is 0 Å². The molecule has 3 aromatic heterocycles. The van der Waals surface area contributed by atoms with E-state index >= 15 is 0 Å². The molecule has 0 amide bonds. The van der Waals surface area contributed by atoms with Gasteiger partial charge >= 0.3 is 0 Å². The number of hydrogen-bond acceptors (Lipinski definition) is 6. The first-order valence-corrected chi connectivity index (χ1v) is 10.7. The summed E-state index contributed by atoms with van der Waals surface area (Å²) >= 11 is 18.2. The van der Waals surface area contributed by atoms with Crippen molar-refractivity contribution in [3.63, 3.8) is 0 Å². The van der Waals surface area contributed by atoms with Crippen molar-refractivity contribution in [2.75, 3.05) is 13.1 Å². The fourth-order valence-corrected chi connectivity index (χ4v) is 4.31. The highest BCUT2D eigenvalue weighted by molar-refractivity contribution is 6.29. The Morgan fingerprint density at radius 2 is 1.17 bits per heavy atom. The highest BCUT2D eigenvalue weighted by Gasteiger charge is 2.26. The summed E-state index contributed by atoms with van der Waals surface area (Å²) in [7, 11) is 0. The Balaban J connectivity index is 1.50. The second-order valence-corrected chi connectivity index (χ2v) is 8.55. The molecule has 4 rings (SSSR count). The molecule has 0 radical (unpaired) electrons. The van der Waals surface area contributed by atoms with Crippen molar-refractivity contribution in [2.24, 2.45) is 5.92 Å². The molecule has 0 unspecified atom stereocenters. The van der Waals surface area contributed by atoms with Crippen LogP contribution in [0.2, 0.25) is 15.5 Å². The van der Waals surface area contributed by atoms with Crippen LogP contribution in [0, 0.1) is 5.92 Å². The summed E-state index contributed by atoms with van der Waals surface area (Å²) in [5.74, 6) is 0.402. The fraction of sp³-hybridized carbons (Fsp3) is 0.286. The molecule has 3 aromatic rings. The van der Waals surface area contributed by atoms with Gasteiger partial charge in [0.05, 0.1) is 0 Å². The average molecular weight is 464 g/mol. The number of hydrazine groups is 2. The number of pyridine rings is 3. The van der Waals surface area contributed by atoms with Crippen LogP contribution < -0.4 is 5.53 Å². The van der Waals surface area contributed by atoms with Gasteiger partial charge in [-0.15, -0.1) is 0 Å². The molecule has 6 nitrogen and oxygen atoms in total. The van der Waals surface area contributed by atoms with Crippen molar-refractivity contribution in [3.05, 3.63) is 87.1 Å². The molecule has 1 fully saturated rings. The van der Waals surface area contributed by atoms with E-state index in [1.54, 1.807) is 18.6 Å². The molecule has 0 atom stereocenters. The van der Waals surface area contributed by atoms with Gasteiger partial charge in [0, 0.05) is 44.8 Å². The molecule has 0 aromatic carbocycles. The summed E-state index contributed by atoms with van der Waals surface area (Å²) in [4.78, 5) is 12.2. The number of aromatic nitrogens is 3. The van der Waals surface area contributed by atoms with Crippen LogP contribution in [0.15, 0.2) is 55.0 Å². The molecule has 1 N–H and O–H groups in total. The van der Waals surface area contributed by atoms with Crippen LogP contribution in [0.25, 0.3) is 0 Å². The molecule has 0 bridgehead atoms. The van der Waals surface area contributed by atoms with Crippen molar-refractivity contribution < 1.29 is 0 Å². The maximum absolute atomic E-state index is 6.08. The van der Waals surface area contributed by atoms with Crippen LogP contribution in [0.5, 0.6) is 0 Å². The highest BCUT2D eigenvalue weighted by atomic mass is 35.5. The molecule has 156 valence electrons. The predicted molar refractivity (Wildman–Crippen MR) is 119 cm³/mol. The van der Waals surface area contributed by atoms with Gasteiger partial charge in [0.25, 0.3) is 0 Å². The Bertz CT molecular complexity index is 869. The molecule has 30 heavy (non-hydrogen) atoms. The van der Waals surface area contributed by atoms with Gasteiger partial charge in [-0.05, 0) is 65.4 Å². The quantitative estimate of drug-likeness (QED) is 0.546. The average Bonchev–Trinajstić information content (AvgIpc) is 2.68. The van der Waals surface area contributed by atoms with Gasteiger partial charge in [-0.3, -0.25) is 0 Å². The second-order valence-electron chi connectivity index (χ2n) is 7.39. The molecule has 1 saturated heterocycles. The van der Waals surface area contributed by atoms with E-state index in [1.807, 2.05) is 36.4 Å². The molecule has 0 spiro atoms. The van der Waals surface area contributed by atoms with Crippen molar-refractivity contribution in [2.45, 2.75) is 19.5 Å². The SMILES string of the molecule is Clc1cc(CC2CN(Cc3ccnc(Cl)c3)NN(Cc3ccnc(Cl)c3)C2)ccn1. The van der Waals surface area contributed by atoms with E-state index in [9.17, 15) is 0 Å². The standard InChI is InChI=1S/C21H21Cl3N6/c22-19-8-15(1-4-25-19)7-18-13-29(11-16-2-5-26-20(23)9-16)28-30(14-18)12-17-3-6-27-21(24)10-17/h1-6,8-10,18,28H,7,11-14H2. The van der Waals surface area contributed by atoms with Crippen molar-refractivity contribution in [1.82, 2.24) is 30.5 Å². The first-order chi connectivity index (χ1) is 14.5. The van der Waals surface area contributed by atoms with Crippen LogP contribution in [-0.4, -0.2) is 38.1 Å². The number of nitrogens with one attached hydrogen (secondary N) is 1. The summed E-state index contributed by atoms with van der Waals surface area (Å²) in [6, 6.07) is 11.7. The number of nitrogens with zero attached hydrogens (tertiary/aromatic N) is 5. The topological polar surface area (TPSA) is 57.2 Å². The second kappa shape index (κ2) is 10.0. The van der Waals surface area contributed by atoms with Gasteiger partial charge in [0.15, 0.2) is 0 Å². The van der Waals surface area contributed by atoms with Crippen LogP contribution in [-0.2, 0) is 19.5 Å². The molecule has 1 aliphatic rings. The Hall–Kier alpha value is -1.80. The van der Waals surface area contributed by atoms with Crippen LogP contribution in [0.1, 0.15) is 16.7 Å². The Morgan fingerprint density at radius 3 is 1.63 bits per heavy atom. The lowest BCUT2D eigenvalue weighted by Crippen LogP contribution is -2.58. The van der Waals surface area contributed by atoms with E-state index in [1.165, 1.54) is 5.56 Å². The van der Waals surface area contributed by atoms with Crippen LogP contribution in [0.4, 0.5) is 0 Å². The molecular formula is C21H21Cl3N6. The van der Waals surface area contributed by atoms with Crippen molar-refractivity contribution in [1.29, 1.82) is 0 Å². The maximum Gasteiger partial charge on any atom is 0.129 e. The Kier molecular flexibility index (Phi) is 7.15. The molecular weight excluding hydrogens is 443 g/mol. The third kappa shape index (κ3) is 6.11. The lowest BCUT2D eigenvalue weighted by Gasteiger charge is -2.41. The molecule has 4 heterocycles. The zero-order chi connectivity index (χ0) is 20.9. The summed E-state index contributed by atoms with van der Waals surface area (Å²) < 4.78 is 0. The number of rotatable bonds is 6. The number of hydrogen-bond donors (Lipinski definition) is 1. The minimum absolute atomic E-state index is 0.402. The summed E-state index contributed by atoms with van der Waals surface area (Å²) in [6.07, 6.45) is 6.13. The van der Waals surface area contributed by atoms with Gasteiger partial charge in [0.2, 0.25) is 0 Å². The van der Waals surface area contributed by atoms with Crippen molar-refractivity contribution >= 4 is 34.8 Å². The minimum Gasteiger partial charge on any atom is -0.245 e. The van der Waals surface area contributed by atoms with Crippen LogP contribution in [0.3, 0.4) is 0 Å². The zero-order valence-electron chi connectivity index (χ0n) is 16.2. The molecule has 1 aliphatic heterocycles. The lowest BCUT2D eigenvalue weighted by atomic mass is 9.98. The lowest BCUT2D eigenvalue weighted by molar-refractivity contribution is -0.0540. The summed E-state index contributed by atoms with van der Waals surface area (Å²) in [5, 5.41) is 5.91. The smallest absolute Gasteiger partial charge is 0.129 e. The highest BCUT2D eigenvalue weighted by Crippen LogP contribution is 2.20. The fourth-order valence-electron chi connectivity index (χ4n) is 3.72. The Morgan fingerprint density at radius 1 is 0.733 bits per heavy atom. The largest absolute Gasteiger partial charge is 0.245 e. The summed E-state index contributed by atoms with van der Waals surface area (Å²) in [5.41, 5.74) is 6.90. The van der Waals surface area contributed by atoms with E-state index in [4.69, 9.17) is 34.8 Å². The van der Waals surface area contributed by atoms with Crippen molar-refractivity contribution in [3.8, 4) is 0 Å². The van der Waals surface area contributed by atoms with E-state index in [2.05, 4.69) is 30.5 Å². The van der Waals surface area contributed by atoms with Gasteiger partial charge in [-0.2, -0.15) is 5.53 Å². The van der Waals surface area contributed by atoms with E-state index in [0.717, 1.165) is 30.6 Å². The van der Waals surface area contributed by atoms with E-state index in [0.29, 0.717) is 34.5 Å². The Labute approximate surface area is 190 Å². The molecule has 0 saturated carbocycles. The number of halogens is 3. The predicted octanol–water partition coefficient (Wildman–Crippen LogP) is 4.43. The monoisotopic (exact) mass is 462 g/mol. The van der Waals surface area contributed by atoms with Gasteiger partial charge in [0.1, 0.15) is 15.5 Å². The minimum atomic E-state index is 0.402. The normalized spacial score (nSPS) is 16.1. The van der Waals surface area contributed by atoms with Gasteiger partial charge in [-0.1, -0.05) is 34.8 Å². The van der Waals surface area contributed by atoms with Crippen LogP contribution >= 0.6 is 34.8 Å². The maximum atomic E-state index is 6.08. The van der Waals surface area contributed by atoms with Gasteiger partial charge < -0.3 is 0 Å².